The van der Waals surface area contributed by atoms with Gasteiger partial charge in [-0.25, -0.2) is 4.39 Å². The van der Waals surface area contributed by atoms with E-state index < -0.39 is 0 Å². The minimum atomic E-state index is -0.334. The number of rotatable bonds is 1. The molecule has 0 saturated carbocycles. The van der Waals surface area contributed by atoms with Crippen LogP contribution in [0.15, 0.2) is 18.2 Å². The van der Waals surface area contributed by atoms with E-state index in [4.69, 9.17) is 0 Å². The molecule has 1 aliphatic rings. The van der Waals surface area contributed by atoms with Crippen molar-refractivity contribution in [1.82, 2.24) is 0 Å². The average Bonchev–Trinajstić information content (AvgIpc) is 2.20. The number of halogens is 1. The lowest BCUT2D eigenvalue weighted by atomic mass is 10.1. The van der Waals surface area contributed by atoms with Crippen molar-refractivity contribution in [2.24, 2.45) is 0 Å². The van der Waals surface area contributed by atoms with Gasteiger partial charge in [-0.2, -0.15) is 0 Å². The lowest BCUT2D eigenvalue weighted by molar-refractivity contribution is -0.117. The van der Waals surface area contributed by atoms with E-state index in [0.717, 1.165) is 12.2 Å². The molecule has 0 saturated heterocycles. The van der Waals surface area contributed by atoms with E-state index in [1.54, 1.807) is 6.07 Å². The van der Waals surface area contributed by atoms with Crippen molar-refractivity contribution in [2.45, 2.75) is 19.9 Å². The molecule has 15 heavy (non-hydrogen) atoms. The van der Waals surface area contributed by atoms with Crippen molar-refractivity contribution in [3.05, 3.63) is 24.0 Å². The lowest BCUT2D eigenvalue weighted by Gasteiger charge is -2.35. The molecule has 0 aromatic heterocycles. The second kappa shape index (κ2) is 3.53. The number of likely N-dealkylation sites (N-methyl/N-ethyl adjacent to an activating group) is 1. The van der Waals surface area contributed by atoms with Gasteiger partial charge in [-0.1, -0.05) is 0 Å². The fourth-order valence-electron chi connectivity index (χ4n) is 1.89. The van der Waals surface area contributed by atoms with E-state index in [-0.39, 0.29) is 17.8 Å². The van der Waals surface area contributed by atoms with Gasteiger partial charge in [0.25, 0.3) is 0 Å². The van der Waals surface area contributed by atoms with Crippen LogP contribution in [0.5, 0.6) is 0 Å². The zero-order valence-corrected chi connectivity index (χ0v) is 8.75. The summed E-state index contributed by atoms with van der Waals surface area (Å²) in [6.45, 7) is 4.54. The highest BCUT2D eigenvalue weighted by molar-refractivity contribution is 6.03. The summed E-state index contributed by atoms with van der Waals surface area (Å²) in [5, 5.41) is 2.69. The predicted molar refractivity (Wildman–Crippen MR) is 57.5 cm³/mol. The summed E-state index contributed by atoms with van der Waals surface area (Å²) < 4.78 is 13.0. The number of carbonyl (C=O) groups excluding carboxylic acids is 1. The molecule has 0 radical (unpaired) electrons. The number of hydrogen-bond donors (Lipinski definition) is 1. The maximum Gasteiger partial charge on any atom is 0.246 e. The van der Waals surface area contributed by atoms with Gasteiger partial charge in [0.15, 0.2) is 0 Å². The highest BCUT2D eigenvalue weighted by atomic mass is 19.1. The van der Waals surface area contributed by atoms with Crippen molar-refractivity contribution in [3.8, 4) is 0 Å². The maximum absolute atomic E-state index is 13.0. The predicted octanol–water partition coefficient (Wildman–Crippen LogP) is 1.99. The molecular weight excluding hydrogens is 195 g/mol. The molecule has 0 aliphatic carbocycles. The summed E-state index contributed by atoms with van der Waals surface area (Å²) in [6.07, 6.45) is 0. The second-order valence-corrected chi connectivity index (χ2v) is 3.61. The van der Waals surface area contributed by atoms with Gasteiger partial charge in [0.1, 0.15) is 11.9 Å². The third-order valence-corrected chi connectivity index (χ3v) is 2.71. The van der Waals surface area contributed by atoms with Gasteiger partial charge in [-0.3, -0.25) is 4.79 Å². The smallest absolute Gasteiger partial charge is 0.246 e. The van der Waals surface area contributed by atoms with E-state index in [1.807, 2.05) is 18.7 Å². The van der Waals surface area contributed by atoms with Crippen LogP contribution in [0.25, 0.3) is 0 Å². The van der Waals surface area contributed by atoms with Crippen LogP contribution in [-0.2, 0) is 4.79 Å². The number of fused-ring (bicyclic) bond motifs is 1. The Hall–Kier alpha value is -1.58. The Morgan fingerprint density at radius 1 is 1.53 bits per heavy atom. The fourth-order valence-corrected chi connectivity index (χ4v) is 1.89. The van der Waals surface area contributed by atoms with Gasteiger partial charge in [-0.15, -0.1) is 0 Å². The van der Waals surface area contributed by atoms with Crippen LogP contribution in [0.2, 0.25) is 0 Å². The van der Waals surface area contributed by atoms with Crippen LogP contribution in [0, 0.1) is 5.82 Å². The lowest BCUT2D eigenvalue weighted by Crippen LogP contribution is -2.46. The third kappa shape index (κ3) is 1.56. The normalized spacial score (nSPS) is 19.8. The molecule has 2 rings (SSSR count). The molecule has 0 fully saturated rings. The second-order valence-electron chi connectivity index (χ2n) is 3.61. The Morgan fingerprint density at radius 2 is 2.27 bits per heavy atom. The Labute approximate surface area is 87.9 Å². The first-order valence-electron chi connectivity index (χ1n) is 5.00. The number of anilines is 2. The molecule has 1 aromatic carbocycles. The highest BCUT2D eigenvalue weighted by Gasteiger charge is 2.28. The van der Waals surface area contributed by atoms with Crippen molar-refractivity contribution in [1.29, 1.82) is 0 Å². The first-order chi connectivity index (χ1) is 7.13. The van der Waals surface area contributed by atoms with E-state index in [9.17, 15) is 9.18 Å². The van der Waals surface area contributed by atoms with Gasteiger partial charge in [0, 0.05) is 6.54 Å². The topological polar surface area (TPSA) is 32.3 Å². The Balaban J connectivity index is 2.49. The van der Waals surface area contributed by atoms with E-state index in [1.165, 1.54) is 12.1 Å². The van der Waals surface area contributed by atoms with Gasteiger partial charge in [-0.05, 0) is 32.0 Å². The SMILES string of the molecule is CCN1c2ccc(F)cc2NC(=O)C1C. The summed E-state index contributed by atoms with van der Waals surface area (Å²) >= 11 is 0. The summed E-state index contributed by atoms with van der Waals surface area (Å²) in [6, 6.07) is 4.25. The number of amides is 1. The largest absolute Gasteiger partial charge is 0.358 e. The number of benzene rings is 1. The number of hydrogen-bond acceptors (Lipinski definition) is 2. The van der Waals surface area contributed by atoms with Gasteiger partial charge < -0.3 is 10.2 Å². The van der Waals surface area contributed by atoms with Gasteiger partial charge in [0.2, 0.25) is 5.91 Å². The minimum absolute atomic E-state index is 0.0880. The van der Waals surface area contributed by atoms with Crippen molar-refractivity contribution in [2.75, 3.05) is 16.8 Å². The first-order valence-corrected chi connectivity index (χ1v) is 5.00. The summed E-state index contributed by atoms with van der Waals surface area (Å²) in [5.74, 6) is -0.422. The monoisotopic (exact) mass is 208 g/mol. The Morgan fingerprint density at radius 3 is 2.93 bits per heavy atom. The molecule has 1 atom stereocenters. The van der Waals surface area contributed by atoms with Crippen molar-refractivity contribution in [3.63, 3.8) is 0 Å². The van der Waals surface area contributed by atoms with E-state index in [2.05, 4.69) is 5.32 Å². The van der Waals surface area contributed by atoms with Crippen LogP contribution in [0.1, 0.15) is 13.8 Å². The molecule has 1 N–H and O–H groups in total. The maximum atomic E-state index is 13.0. The Kier molecular flexibility index (Phi) is 2.34. The standard InChI is InChI=1S/C11H13FN2O/c1-3-14-7(2)11(15)13-9-6-8(12)4-5-10(9)14/h4-7H,3H2,1-2H3,(H,13,15). The van der Waals surface area contributed by atoms with Crippen molar-refractivity contribution < 1.29 is 9.18 Å². The van der Waals surface area contributed by atoms with E-state index in [0.29, 0.717) is 5.69 Å². The molecule has 0 spiro atoms. The Bertz CT molecular complexity index is 406. The van der Waals surface area contributed by atoms with Crippen LogP contribution >= 0.6 is 0 Å². The van der Waals surface area contributed by atoms with E-state index >= 15 is 0 Å². The molecule has 1 heterocycles. The quantitative estimate of drug-likeness (QED) is 0.765. The van der Waals surface area contributed by atoms with Gasteiger partial charge >= 0.3 is 0 Å². The molecule has 0 bridgehead atoms. The minimum Gasteiger partial charge on any atom is -0.358 e. The molecule has 1 aliphatic heterocycles. The highest BCUT2D eigenvalue weighted by Crippen LogP contribution is 2.32. The van der Waals surface area contributed by atoms with Crippen molar-refractivity contribution >= 4 is 17.3 Å². The molecule has 4 heteroatoms. The molecule has 80 valence electrons. The molecule has 1 unspecified atom stereocenters. The van der Waals surface area contributed by atoms with Crippen LogP contribution in [-0.4, -0.2) is 18.5 Å². The molecule has 3 nitrogen and oxygen atoms in total. The first kappa shape index (κ1) is 9.96. The summed E-state index contributed by atoms with van der Waals surface area (Å²) in [7, 11) is 0. The van der Waals surface area contributed by atoms with Crippen LogP contribution in [0.4, 0.5) is 15.8 Å². The average molecular weight is 208 g/mol. The molecule has 1 amide bonds. The van der Waals surface area contributed by atoms with Gasteiger partial charge in [0.05, 0.1) is 11.4 Å². The number of carbonyl (C=O) groups is 1. The number of nitrogens with zero attached hydrogens (tertiary/aromatic N) is 1. The fraction of sp³-hybridized carbons (Fsp3) is 0.364. The number of nitrogens with one attached hydrogen (secondary N) is 1. The van der Waals surface area contributed by atoms with Crippen LogP contribution in [0.3, 0.4) is 0 Å². The zero-order chi connectivity index (χ0) is 11.0. The third-order valence-electron chi connectivity index (χ3n) is 2.71. The summed E-state index contributed by atoms with van der Waals surface area (Å²) in [5.41, 5.74) is 1.44. The molecular formula is C11H13FN2O. The zero-order valence-electron chi connectivity index (χ0n) is 8.75. The summed E-state index contributed by atoms with van der Waals surface area (Å²) in [4.78, 5) is 13.5. The van der Waals surface area contributed by atoms with Crippen LogP contribution < -0.4 is 10.2 Å². The molecule has 1 aromatic rings.